The molecule has 0 saturated carbocycles. The van der Waals surface area contributed by atoms with Crippen molar-refractivity contribution in [3.8, 4) is 0 Å². The summed E-state index contributed by atoms with van der Waals surface area (Å²) in [7, 11) is 0. The molecule has 0 heterocycles. The molecule has 0 aliphatic heterocycles. The van der Waals surface area contributed by atoms with Gasteiger partial charge in [-0.2, -0.15) is 11.8 Å². The van der Waals surface area contributed by atoms with Crippen molar-refractivity contribution in [1.82, 2.24) is 5.32 Å². The number of amidine groups is 1. The van der Waals surface area contributed by atoms with Crippen molar-refractivity contribution in [3.63, 3.8) is 0 Å². The zero-order valence-electron chi connectivity index (χ0n) is 10.1. The second kappa shape index (κ2) is 6.95. The molecule has 0 aromatic rings. The van der Waals surface area contributed by atoms with Crippen molar-refractivity contribution in [3.05, 3.63) is 0 Å². The molecule has 0 aromatic carbocycles. The minimum Gasteiger partial charge on any atom is -0.409 e. The molecule has 1 unspecified atom stereocenters. The first-order valence-corrected chi connectivity index (χ1v) is 6.44. The van der Waals surface area contributed by atoms with Crippen LogP contribution in [0.3, 0.4) is 0 Å². The lowest BCUT2D eigenvalue weighted by Crippen LogP contribution is -2.35. The predicted octanol–water partition coefficient (Wildman–Crippen LogP) is 1.49. The van der Waals surface area contributed by atoms with Gasteiger partial charge in [-0.25, -0.2) is 0 Å². The van der Waals surface area contributed by atoms with E-state index in [4.69, 9.17) is 10.9 Å². The maximum Gasteiger partial charge on any atom is 0.144 e. The van der Waals surface area contributed by atoms with Crippen molar-refractivity contribution in [2.24, 2.45) is 16.3 Å². The Morgan fingerprint density at radius 3 is 2.67 bits per heavy atom. The average molecular weight is 233 g/mol. The molecule has 0 aliphatic rings. The molecule has 0 bridgehead atoms. The van der Waals surface area contributed by atoms with Gasteiger partial charge in [-0.15, -0.1) is 0 Å². The van der Waals surface area contributed by atoms with Gasteiger partial charge < -0.3 is 16.3 Å². The Bertz CT molecular complexity index is 207. The Kier molecular flexibility index (Phi) is 6.76. The molecule has 0 spiro atoms. The lowest BCUT2D eigenvalue weighted by Gasteiger charge is -2.23. The minimum atomic E-state index is -0.246. The number of thioether (sulfide) groups is 1. The molecule has 0 saturated heterocycles. The third-order valence-electron chi connectivity index (χ3n) is 2.56. The van der Waals surface area contributed by atoms with Crippen LogP contribution < -0.4 is 11.1 Å². The Morgan fingerprint density at radius 2 is 2.20 bits per heavy atom. The van der Waals surface area contributed by atoms with Crippen molar-refractivity contribution < 1.29 is 5.21 Å². The molecule has 90 valence electrons. The molecule has 0 rings (SSSR count). The highest BCUT2D eigenvalue weighted by Crippen LogP contribution is 2.19. The Balaban J connectivity index is 3.76. The third-order valence-corrected chi connectivity index (χ3v) is 3.53. The summed E-state index contributed by atoms with van der Waals surface area (Å²) in [5, 5.41) is 15.6. The largest absolute Gasteiger partial charge is 0.409 e. The van der Waals surface area contributed by atoms with Crippen LogP contribution in [0.4, 0.5) is 0 Å². The van der Waals surface area contributed by atoms with Crippen LogP contribution in [0.1, 0.15) is 27.2 Å². The van der Waals surface area contributed by atoms with Gasteiger partial charge in [0.15, 0.2) is 0 Å². The number of hydrogen-bond acceptors (Lipinski definition) is 4. The molecule has 0 fully saturated rings. The molecule has 15 heavy (non-hydrogen) atoms. The minimum absolute atomic E-state index is 0.246. The van der Waals surface area contributed by atoms with E-state index in [1.807, 2.05) is 25.6 Å². The number of rotatable bonds is 7. The summed E-state index contributed by atoms with van der Waals surface area (Å²) >= 11 is 1.84. The highest BCUT2D eigenvalue weighted by Gasteiger charge is 2.22. The summed E-state index contributed by atoms with van der Waals surface area (Å²) in [6.07, 6.45) is 2.97. The van der Waals surface area contributed by atoms with Crippen molar-refractivity contribution in [2.45, 2.75) is 32.4 Å². The molecule has 0 amide bonds. The van der Waals surface area contributed by atoms with E-state index >= 15 is 0 Å². The Hall–Kier alpha value is -0.420. The molecule has 5 heteroatoms. The van der Waals surface area contributed by atoms with E-state index < -0.39 is 0 Å². The molecule has 0 aromatic heterocycles. The van der Waals surface area contributed by atoms with E-state index in [9.17, 15) is 0 Å². The average Bonchev–Trinajstić information content (AvgIpc) is 2.22. The molecule has 0 radical (unpaired) electrons. The summed E-state index contributed by atoms with van der Waals surface area (Å²) in [6, 6.07) is 0. The monoisotopic (exact) mass is 233 g/mol. The van der Waals surface area contributed by atoms with Crippen LogP contribution in [0.15, 0.2) is 5.16 Å². The fourth-order valence-corrected chi connectivity index (χ4v) is 1.34. The van der Waals surface area contributed by atoms with Crippen molar-refractivity contribution in [1.29, 1.82) is 0 Å². The number of nitrogens with one attached hydrogen (secondary N) is 1. The van der Waals surface area contributed by atoms with Crippen LogP contribution in [-0.4, -0.2) is 35.6 Å². The summed E-state index contributed by atoms with van der Waals surface area (Å²) in [5.74, 6) is 0.294. The van der Waals surface area contributed by atoms with Gasteiger partial charge in [0, 0.05) is 17.2 Å². The fourth-order valence-electron chi connectivity index (χ4n) is 1.05. The highest BCUT2D eigenvalue weighted by molar-refractivity contribution is 7.99. The number of nitrogens with zero attached hydrogens (tertiary/aromatic N) is 1. The summed E-state index contributed by atoms with van der Waals surface area (Å²) in [4.78, 5) is 0. The Labute approximate surface area is 96.7 Å². The van der Waals surface area contributed by atoms with Gasteiger partial charge in [-0.1, -0.05) is 25.9 Å². The summed E-state index contributed by atoms with van der Waals surface area (Å²) in [5.41, 5.74) is 5.34. The standard InChI is InChI=1S/C10H23N3OS/c1-8(15-4)7-12-6-5-10(2,3)9(11)13-14/h8,12,14H,5-7H2,1-4H3,(H2,11,13). The molecule has 4 nitrogen and oxygen atoms in total. The van der Waals surface area contributed by atoms with Crippen LogP contribution in [0.2, 0.25) is 0 Å². The number of nitrogens with two attached hydrogens (primary N) is 1. The van der Waals surface area contributed by atoms with Gasteiger partial charge in [-0.3, -0.25) is 0 Å². The van der Waals surface area contributed by atoms with Crippen LogP contribution in [0.25, 0.3) is 0 Å². The molecular weight excluding hydrogens is 210 g/mol. The predicted molar refractivity (Wildman–Crippen MR) is 67.7 cm³/mol. The normalized spacial score (nSPS) is 15.3. The van der Waals surface area contributed by atoms with Gasteiger partial charge in [0.2, 0.25) is 0 Å². The van der Waals surface area contributed by atoms with E-state index in [0.717, 1.165) is 19.5 Å². The smallest absolute Gasteiger partial charge is 0.144 e. The second-order valence-corrected chi connectivity index (χ2v) is 5.65. The quantitative estimate of drug-likeness (QED) is 0.205. The first-order valence-electron chi connectivity index (χ1n) is 5.15. The molecule has 4 N–H and O–H groups in total. The maximum atomic E-state index is 8.59. The van der Waals surface area contributed by atoms with Crippen molar-refractivity contribution >= 4 is 17.6 Å². The lowest BCUT2D eigenvalue weighted by molar-refractivity contribution is 0.305. The van der Waals surface area contributed by atoms with Crippen LogP contribution >= 0.6 is 11.8 Å². The van der Waals surface area contributed by atoms with Crippen molar-refractivity contribution in [2.75, 3.05) is 19.3 Å². The zero-order valence-corrected chi connectivity index (χ0v) is 10.9. The van der Waals surface area contributed by atoms with Gasteiger partial charge in [0.25, 0.3) is 0 Å². The van der Waals surface area contributed by atoms with Gasteiger partial charge in [-0.05, 0) is 19.2 Å². The number of hydrogen-bond donors (Lipinski definition) is 3. The van der Waals surface area contributed by atoms with E-state index in [2.05, 4.69) is 23.7 Å². The molecule has 1 atom stereocenters. The van der Waals surface area contributed by atoms with Gasteiger partial charge in [0.05, 0.1) is 0 Å². The Morgan fingerprint density at radius 1 is 1.60 bits per heavy atom. The molecule has 0 aliphatic carbocycles. The fraction of sp³-hybridized carbons (Fsp3) is 0.900. The lowest BCUT2D eigenvalue weighted by atomic mass is 9.88. The number of oxime groups is 1. The summed E-state index contributed by atoms with van der Waals surface area (Å²) in [6.45, 7) is 8.01. The maximum absolute atomic E-state index is 8.59. The van der Waals surface area contributed by atoms with Crippen LogP contribution in [-0.2, 0) is 0 Å². The second-order valence-electron chi connectivity index (χ2n) is 4.37. The topological polar surface area (TPSA) is 70.6 Å². The highest BCUT2D eigenvalue weighted by atomic mass is 32.2. The van der Waals surface area contributed by atoms with Crippen LogP contribution in [0.5, 0.6) is 0 Å². The van der Waals surface area contributed by atoms with E-state index in [1.165, 1.54) is 0 Å². The summed E-state index contributed by atoms with van der Waals surface area (Å²) < 4.78 is 0. The van der Waals surface area contributed by atoms with Gasteiger partial charge in [0.1, 0.15) is 5.84 Å². The first-order chi connectivity index (χ1) is 6.94. The van der Waals surface area contributed by atoms with E-state index in [1.54, 1.807) is 0 Å². The SMILES string of the molecule is CSC(C)CNCCC(C)(C)C(N)=NO. The molecular formula is C10H23N3OS. The zero-order chi connectivity index (χ0) is 11.9. The van der Waals surface area contributed by atoms with E-state index in [0.29, 0.717) is 11.1 Å². The van der Waals surface area contributed by atoms with Crippen LogP contribution in [0, 0.1) is 5.41 Å². The van der Waals surface area contributed by atoms with Gasteiger partial charge >= 0.3 is 0 Å². The first kappa shape index (κ1) is 14.6. The van der Waals surface area contributed by atoms with E-state index in [-0.39, 0.29) is 5.41 Å². The third kappa shape index (κ3) is 5.89.